The van der Waals surface area contributed by atoms with Crippen LogP contribution in [0.25, 0.3) is 65.4 Å². The molecule has 16 heteroatoms. The van der Waals surface area contributed by atoms with Crippen molar-refractivity contribution in [3.63, 3.8) is 0 Å². The largest absolute Gasteiger partial charge is 0.455 e. The van der Waals surface area contributed by atoms with Crippen LogP contribution in [0.1, 0.15) is 22.3 Å². The first-order chi connectivity index (χ1) is 33.2. The Kier molecular flexibility index (Phi) is 9.95. The lowest BCUT2D eigenvalue weighted by atomic mass is 10.0. The van der Waals surface area contributed by atoms with E-state index in [0.717, 1.165) is 70.1 Å². The maximum atomic E-state index is 13.5. The predicted octanol–water partition coefficient (Wildman–Crippen LogP) is 18.8. The van der Waals surface area contributed by atoms with Gasteiger partial charge in [-0.2, -0.15) is 52.7 Å². The van der Waals surface area contributed by atoms with Crippen molar-refractivity contribution in [1.82, 2.24) is 0 Å². The van der Waals surface area contributed by atoms with E-state index in [2.05, 4.69) is 0 Å². The molecule has 11 rings (SSSR count). The molecule has 0 fully saturated rings. The standard InChI is InChI=1S/C54H28F12N2O2/c55-51(56,57)31-3-11-35(12-4-31)67(36-13-5-32(6-14-36)52(58,59)60)39-19-23-41-29(25-39)1-21-43-45-27-48-46(28-47(45)69-49(41)43)44-22-2-30-26-40(20-24-42(30)50(44)70-48)68(37-15-7-33(8-16-37)53(61,62)63)38-17-9-34(10-18-38)54(64,65)66/h1-28H. The molecule has 0 spiro atoms. The highest BCUT2D eigenvalue weighted by atomic mass is 19.4. The van der Waals surface area contributed by atoms with Gasteiger partial charge in [0, 0.05) is 66.4 Å². The van der Waals surface area contributed by atoms with Crippen LogP contribution in [-0.2, 0) is 24.7 Å². The average molecular weight is 965 g/mol. The third kappa shape index (κ3) is 7.72. The number of rotatable bonds is 6. The van der Waals surface area contributed by atoms with Crippen molar-refractivity contribution in [3.8, 4) is 0 Å². The lowest BCUT2D eigenvalue weighted by Gasteiger charge is -2.26. The van der Waals surface area contributed by atoms with Gasteiger partial charge in [-0.15, -0.1) is 0 Å². The third-order valence-electron chi connectivity index (χ3n) is 12.3. The highest BCUT2D eigenvalue weighted by Crippen LogP contribution is 2.45. The van der Waals surface area contributed by atoms with Gasteiger partial charge >= 0.3 is 24.7 Å². The van der Waals surface area contributed by atoms with Crippen molar-refractivity contribution in [2.75, 3.05) is 9.80 Å². The fourth-order valence-electron chi connectivity index (χ4n) is 8.96. The monoisotopic (exact) mass is 964 g/mol. The summed E-state index contributed by atoms with van der Waals surface area (Å²) in [6.45, 7) is 0. The average Bonchev–Trinajstić information content (AvgIpc) is 3.88. The number of anilines is 6. The highest BCUT2D eigenvalue weighted by molar-refractivity contribution is 6.21. The zero-order valence-electron chi connectivity index (χ0n) is 35.4. The number of fused-ring (bicyclic) bond motifs is 10. The van der Waals surface area contributed by atoms with Crippen molar-refractivity contribution in [2.45, 2.75) is 24.7 Å². The molecule has 9 aromatic carbocycles. The van der Waals surface area contributed by atoms with E-state index in [1.165, 1.54) is 48.5 Å². The van der Waals surface area contributed by atoms with Crippen molar-refractivity contribution >= 4 is 99.5 Å². The summed E-state index contributed by atoms with van der Waals surface area (Å²) in [6.07, 6.45) is -18.4. The minimum atomic E-state index is -4.60. The van der Waals surface area contributed by atoms with E-state index < -0.39 is 47.0 Å². The van der Waals surface area contributed by atoms with Crippen LogP contribution in [0, 0.1) is 0 Å². The molecule has 70 heavy (non-hydrogen) atoms. The number of benzene rings is 9. The molecule has 0 unspecified atom stereocenters. The molecule has 0 aliphatic carbocycles. The second-order valence-corrected chi connectivity index (χ2v) is 16.6. The Morgan fingerprint density at radius 3 is 0.786 bits per heavy atom. The first kappa shape index (κ1) is 44.4. The Labute approximate surface area is 386 Å². The molecule has 4 nitrogen and oxygen atoms in total. The topological polar surface area (TPSA) is 32.8 Å². The number of hydrogen-bond donors (Lipinski definition) is 0. The zero-order valence-corrected chi connectivity index (χ0v) is 35.4. The van der Waals surface area contributed by atoms with Gasteiger partial charge in [0.05, 0.1) is 22.3 Å². The molecule has 0 aliphatic heterocycles. The number of hydrogen-bond acceptors (Lipinski definition) is 4. The van der Waals surface area contributed by atoms with E-state index in [1.54, 1.807) is 46.2 Å². The Hall–Kier alpha value is -8.14. The van der Waals surface area contributed by atoms with Crippen molar-refractivity contribution in [1.29, 1.82) is 0 Å². The van der Waals surface area contributed by atoms with E-state index in [0.29, 0.717) is 55.3 Å². The third-order valence-corrected chi connectivity index (χ3v) is 12.3. The van der Waals surface area contributed by atoms with Gasteiger partial charge < -0.3 is 18.6 Å². The SMILES string of the molecule is FC(F)(F)c1ccc(N(c2ccc(C(F)(F)F)cc2)c2ccc3c(ccc4c5cc6oc7c8ccc(N(c9ccc(C(F)(F)F)cc9)c9ccc(C(F)(F)F)cc9)cc8ccc7c6cc5oc34)c2)cc1. The van der Waals surface area contributed by atoms with Gasteiger partial charge in [0.25, 0.3) is 0 Å². The minimum absolute atomic E-state index is 0.276. The maximum absolute atomic E-state index is 13.5. The van der Waals surface area contributed by atoms with E-state index in [9.17, 15) is 52.7 Å². The molecule has 0 radical (unpaired) electrons. The molecule has 0 aliphatic rings. The Morgan fingerprint density at radius 2 is 0.514 bits per heavy atom. The number of furan rings is 2. The summed E-state index contributed by atoms with van der Waals surface area (Å²) >= 11 is 0. The second-order valence-electron chi connectivity index (χ2n) is 16.6. The van der Waals surface area contributed by atoms with Crippen LogP contribution in [0.5, 0.6) is 0 Å². The molecule has 0 saturated heterocycles. The first-order valence-electron chi connectivity index (χ1n) is 21.2. The Bertz CT molecular complexity index is 3440. The summed E-state index contributed by atoms with van der Waals surface area (Å²) in [7, 11) is 0. The van der Waals surface area contributed by atoms with Crippen LogP contribution < -0.4 is 9.80 Å². The van der Waals surface area contributed by atoms with Crippen LogP contribution in [0.4, 0.5) is 86.8 Å². The molecule has 0 atom stereocenters. The summed E-state index contributed by atoms with van der Waals surface area (Å²) in [4.78, 5) is 3.11. The van der Waals surface area contributed by atoms with Crippen molar-refractivity contribution in [2.24, 2.45) is 0 Å². The summed E-state index contributed by atoms with van der Waals surface area (Å²) < 4.78 is 175. The minimum Gasteiger partial charge on any atom is -0.455 e. The fourth-order valence-corrected chi connectivity index (χ4v) is 8.96. The summed E-state index contributed by atoms with van der Waals surface area (Å²) in [5.74, 6) is 0. The lowest BCUT2D eigenvalue weighted by Crippen LogP contribution is -2.12. The van der Waals surface area contributed by atoms with Gasteiger partial charge in [0.1, 0.15) is 22.3 Å². The lowest BCUT2D eigenvalue weighted by molar-refractivity contribution is -0.138. The van der Waals surface area contributed by atoms with Crippen LogP contribution in [0.15, 0.2) is 179 Å². The fraction of sp³-hybridized carbons (Fsp3) is 0.0741. The number of alkyl halides is 12. The first-order valence-corrected chi connectivity index (χ1v) is 21.2. The normalized spacial score (nSPS) is 12.9. The van der Waals surface area contributed by atoms with Gasteiger partial charge in [-0.25, -0.2) is 0 Å². The van der Waals surface area contributed by atoms with E-state index in [-0.39, 0.29) is 22.7 Å². The second kappa shape index (κ2) is 15.7. The molecule has 350 valence electrons. The molecule has 0 bridgehead atoms. The summed E-state index contributed by atoms with van der Waals surface area (Å²) in [5.41, 5.74) is 0.568. The van der Waals surface area contributed by atoms with E-state index in [4.69, 9.17) is 8.83 Å². The molecule has 0 saturated carbocycles. The number of nitrogens with zero attached hydrogens (tertiary/aromatic N) is 2. The zero-order chi connectivity index (χ0) is 49.1. The number of halogens is 12. The smallest absolute Gasteiger partial charge is 0.416 e. The molecule has 2 heterocycles. The quantitative estimate of drug-likeness (QED) is 0.156. The van der Waals surface area contributed by atoms with Crippen LogP contribution in [0.3, 0.4) is 0 Å². The van der Waals surface area contributed by atoms with Gasteiger partial charge in [-0.3, -0.25) is 0 Å². The maximum Gasteiger partial charge on any atom is 0.416 e. The van der Waals surface area contributed by atoms with Crippen molar-refractivity contribution in [3.05, 3.63) is 192 Å². The van der Waals surface area contributed by atoms with Gasteiger partial charge in [0.15, 0.2) is 0 Å². The van der Waals surface area contributed by atoms with Crippen LogP contribution >= 0.6 is 0 Å². The molecule has 0 amide bonds. The highest BCUT2D eigenvalue weighted by Gasteiger charge is 2.34. The molecule has 0 N–H and O–H groups in total. The van der Waals surface area contributed by atoms with E-state index >= 15 is 0 Å². The van der Waals surface area contributed by atoms with Crippen LogP contribution in [-0.4, -0.2) is 0 Å². The van der Waals surface area contributed by atoms with Crippen molar-refractivity contribution < 1.29 is 61.5 Å². The summed E-state index contributed by atoms with van der Waals surface area (Å²) in [6, 6.07) is 38.8. The van der Waals surface area contributed by atoms with Gasteiger partial charge in [-0.1, -0.05) is 12.1 Å². The summed E-state index contributed by atoms with van der Waals surface area (Å²) in [5, 5.41) is 5.62. The predicted molar refractivity (Wildman–Crippen MR) is 245 cm³/mol. The Balaban J connectivity index is 0.973. The Morgan fingerprint density at radius 1 is 0.257 bits per heavy atom. The molecule has 11 aromatic rings. The molecule has 2 aromatic heterocycles. The van der Waals surface area contributed by atoms with Gasteiger partial charge in [-0.05, 0) is 168 Å². The van der Waals surface area contributed by atoms with E-state index in [1.807, 2.05) is 36.4 Å². The van der Waals surface area contributed by atoms with Crippen LogP contribution in [0.2, 0.25) is 0 Å². The molecular formula is C54H28F12N2O2. The van der Waals surface area contributed by atoms with Gasteiger partial charge in [0.2, 0.25) is 0 Å². The molecular weight excluding hydrogens is 937 g/mol.